The zero-order valence-electron chi connectivity index (χ0n) is 12.9. The molecule has 0 aromatic rings. The molecule has 1 fully saturated rings. The number of likely N-dealkylation sites (tertiary alicyclic amines) is 1. The summed E-state index contributed by atoms with van der Waals surface area (Å²) in [4.78, 5) is 13.7. The first-order valence-electron chi connectivity index (χ1n) is 7.50. The van der Waals surface area contributed by atoms with Crippen LogP contribution in [0.15, 0.2) is 0 Å². The Hall–Kier alpha value is -0.610. The molecule has 4 heteroatoms. The van der Waals surface area contributed by atoms with Crippen molar-refractivity contribution in [2.45, 2.75) is 59.2 Å². The normalized spacial score (nSPS) is 16.2. The minimum absolute atomic E-state index is 0.232. The molecule has 19 heavy (non-hydrogen) atoms. The Balaban J connectivity index is 1.95. The van der Waals surface area contributed by atoms with Gasteiger partial charge in [-0.15, -0.1) is 0 Å². The lowest BCUT2D eigenvalue weighted by Gasteiger charge is -2.39. The van der Waals surface area contributed by atoms with Gasteiger partial charge in [-0.05, 0) is 32.6 Å². The third-order valence-corrected chi connectivity index (χ3v) is 3.18. The summed E-state index contributed by atoms with van der Waals surface area (Å²) in [5.74, 6) is 0.914. The predicted molar refractivity (Wildman–Crippen MR) is 76.1 cm³/mol. The van der Waals surface area contributed by atoms with E-state index in [-0.39, 0.29) is 18.1 Å². The summed E-state index contributed by atoms with van der Waals surface area (Å²) in [7, 11) is 0. The van der Waals surface area contributed by atoms with Gasteiger partial charge in [0.2, 0.25) is 5.91 Å². The smallest absolute Gasteiger partial charge is 0.222 e. The number of rotatable bonds is 9. The molecule has 1 heterocycles. The van der Waals surface area contributed by atoms with E-state index in [1.54, 1.807) is 0 Å². The maximum absolute atomic E-state index is 11.8. The van der Waals surface area contributed by atoms with Gasteiger partial charge in [-0.1, -0.05) is 13.8 Å². The fourth-order valence-electron chi connectivity index (χ4n) is 2.02. The number of hydrogen-bond acceptors (Lipinski definition) is 3. The van der Waals surface area contributed by atoms with Crippen molar-refractivity contribution in [2.24, 2.45) is 5.92 Å². The lowest BCUT2D eigenvalue weighted by Crippen LogP contribution is -2.55. The Kier molecular flexibility index (Phi) is 7.39. The molecule has 1 amide bonds. The van der Waals surface area contributed by atoms with Crippen molar-refractivity contribution in [3.8, 4) is 0 Å². The fraction of sp³-hybridized carbons (Fsp3) is 0.933. The van der Waals surface area contributed by atoms with Crippen LogP contribution < -0.4 is 0 Å². The fourth-order valence-corrected chi connectivity index (χ4v) is 2.02. The van der Waals surface area contributed by atoms with Gasteiger partial charge in [0.1, 0.15) is 0 Å². The van der Waals surface area contributed by atoms with Gasteiger partial charge >= 0.3 is 0 Å². The molecule has 1 saturated heterocycles. The second-order valence-electron chi connectivity index (χ2n) is 6.00. The van der Waals surface area contributed by atoms with E-state index in [0.29, 0.717) is 18.9 Å². The standard InChI is InChI=1S/C15H29NO3/c1-12(2)7-9-18-8-5-6-15(17)16-10-14(11-16)19-13(3)4/h12-14H,5-11H2,1-4H3. The maximum Gasteiger partial charge on any atom is 0.222 e. The Labute approximate surface area is 117 Å². The van der Waals surface area contributed by atoms with Gasteiger partial charge in [0, 0.05) is 32.7 Å². The molecule has 112 valence electrons. The monoisotopic (exact) mass is 271 g/mol. The molecule has 0 aromatic carbocycles. The molecular formula is C15H29NO3. The molecule has 0 spiro atoms. The highest BCUT2D eigenvalue weighted by Gasteiger charge is 2.31. The van der Waals surface area contributed by atoms with Crippen LogP contribution in [-0.4, -0.2) is 49.3 Å². The van der Waals surface area contributed by atoms with Crippen molar-refractivity contribution in [1.82, 2.24) is 4.90 Å². The van der Waals surface area contributed by atoms with Crippen LogP contribution in [0.1, 0.15) is 47.0 Å². The molecule has 0 saturated carbocycles. The zero-order valence-corrected chi connectivity index (χ0v) is 12.9. The number of nitrogens with zero attached hydrogens (tertiary/aromatic N) is 1. The van der Waals surface area contributed by atoms with Crippen molar-refractivity contribution < 1.29 is 14.3 Å². The third kappa shape index (κ3) is 6.92. The van der Waals surface area contributed by atoms with E-state index >= 15 is 0 Å². The van der Waals surface area contributed by atoms with E-state index in [9.17, 15) is 4.79 Å². The van der Waals surface area contributed by atoms with Crippen molar-refractivity contribution in [1.29, 1.82) is 0 Å². The van der Waals surface area contributed by atoms with Crippen molar-refractivity contribution in [3.63, 3.8) is 0 Å². The van der Waals surface area contributed by atoms with Gasteiger partial charge in [0.05, 0.1) is 12.2 Å². The maximum atomic E-state index is 11.8. The van der Waals surface area contributed by atoms with E-state index in [1.807, 2.05) is 18.7 Å². The van der Waals surface area contributed by atoms with Crippen molar-refractivity contribution >= 4 is 5.91 Å². The highest BCUT2D eigenvalue weighted by atomic mass is 16.5. The summed E-state index contributed by atoms with van der Waals surface area (Å²) in [5, 5.41) is 0. The van der Waals surface area contributed by atoms with Gasteiger partial charge in [0.25, 0.3) is 0 Å². The SMILES string of the molecule is CC(C)CCOCCCC(=O)N1CC(OC(C)C)C1. The zero-order chi connectivity index (χ0) is 14.3. The van der Waals surface area contributed by atoms with Crippen LogP contribution in [0.4, 0.5) is 0 Å². The summed E-state index contributed by atoms with van der Waals surface area (Å²) >= 11 is 0. The number of carbonyl (C=O) groups is 1. The molecule has 0 unspecified atom stereocenters. The van der Waals surface area contributed by atoms with Crippen LogP contribution in [0.5, 0.6) is 0 Å². The van der Waals surface area contributed by atoms with E-state index in [1.165, 1.54) is 0 Å². The molecule has 1 aliphatic rings. The molecule has 0 radical (unpaired) electrons. The van der Waals surface area contributed by atoms with Gasteiger partial charge in [-0.3, -0.25) is 4.79 Å². The first-order valence-corrected chi connectivity index (χ1v) is 7.50. The predicted octanol–water partition coefficient (Wildman–Crippen LogP) is 2.47. The number of ether oxygens (including phenoxy) is 2. The highest BCUT2D eigenvalue weighted by Crippen LogP contribution is 2.15. The van der Waals surface area contributed by atoms with Crippen LogP contribution in [0.3, 0.4) is 0 Å². The lowest BCUT2D eigenvalue weighted by atomic mass is 10.1. The Morgan fingerprint density at radius 1 is 1.21 bits per heavy atom. The van der Waals surface area contributed by atoms with Crippen LogP contribution in [-0.2, 0) is 14.3 Å². The van der Waals surface area contributed by atoms with Crippen molar-refractivity contribution in [3.05, 3.63) is 0 Å². The van der Waals surface area contributed by atoms with Crippen molar-refractivity contribution in [2.75, 3.05) is 26.3 Å². The van der Waals surface area contributed by atoms with E-state index < -0.39 is 0 Å². The van der Waals surface area contributed by atoms with E-state index in [0.717, 1.165) is 32.5 Å². The van der Waals surface area contributed by atoms with Crippen LogP contribution in [0, 0.1) is 5.92 Å². The topological polar surface area (TPSA) is 38.8 Å². The second-order valence-corrected chi connectivity index (χ2v) is 6.00. The summed E-state index contributed by atoms with van der Waals surface area (Å²) < 4.78 is 11.1. The Morgan fingerprint density at radius 2 is 1.89 bits per heavy atom. The molecule has 4 nitrogen and oxygen atoms in total. The first-order chi connectivity index (χ1) is 8.99. The Morgan fingerprint density at radius 3 is 2.47 bits per heavy atom. The number of carbonyl (C=O) groups excluding carboxylic acids is 1. The highest BCUT2D eigenvalue weighted by molar-refractivity contribution is 5.77. The first kappa shape index (κ1) is 16.4. The van der Waals surface area contributed by atoms with Crippen LogP contribution in [0.2, 0.25) is 0 Å². The minimum Gasteiger partial charge on any atom is -0.381 e. The Bertz CT molecular complexity index is 260. The number of amides is 1. The summed E-state index contributed by atoms with van der Waals surface area (Å²) in [6.07, 6.45) is 3.00. The quantitative estimate of drug-likeness (QED) is 0.605. The van der Waals surface area contributed by atoms with E-state index in [2.05, 4.69) is 13.8 Å². The average molecular weight is 271 g/mol. The molecule has 0 atom stereocenters. The molecule has 0 aromatic heterocycles. The summed E-state index contributed by atoms with van der Waals surface area (Å²) in [5.41, 5.74) is 0. The third-order valence-electron chi connectivity index (χ3n) is 3.18. The number of hydrogen-bond donors (Lipinski definition) is 0. The van der Waals surface area contributed by atoms with Crippen LogP contribution in [0.25, 0.3) is 0 Å². The molecule has 0 bridgehead atoms. The largest absolute Gasteiger partial charge is 0.381 e. The average Bonchev–Trinajstić information content (AvgIpc) is 2.26. The molecule has 1 aliphatic heterocycles. The van der Waals surface area contributed by atoms with Crippen LogP contribution >= 0.6 is 0 Å². The summed E-state index contributed by atoms with van der Waals surface area (Å²) in [6, 6.07) is 0. The van der Waals surface area contributed by atoms with Gasteiger partial charge < -0.3 is 14.4 Å². The molecule has 1 rings (SSSR count). The second kappa shape index (κ2) is 8.54. The van der Waals surface area contributed by atoms with Gasteiger partial charge in [-0.25, -0.2) is 0 Å². The van der Waals surface area contributed by atoms with Gasteiger partial charge in [-0.2, -0.15) is 0 Å². The minimum atomic E-state index is 0.232. The molecule has 0 aliphatic carbocycles. The van der Waals surface area contributed by atoms with Gasteiger partial charge in [0.15, 0.2) is 0 Å². The van der Waals surface area contributed by atoms with E-state index in [4.69, 9.17) is 9.47 Å². The lowest BCUT2D eigenvalue weighted by molar-refractivity contribution is -0.148. The summed E-state index contributed by atoms with van der Waals surface area (Å²) in [6.45, 7) is 11.4. The molecule has 0 N–H and O–H groups in total. The molecular weight excluding hydrogens is 242 g/mol.